The molecule has 1 atom stereocenters. The van der Waals surface area contributed by atoms with E-state index in [9.17, 15) is 8.42 Å². The van der Waals surface area contributed by atoms with E-state index < -0.39 is 10.0 Å². The standard InChI is InChI=1S/C23H24N2O4S/c26-30(27,21-10-9-18-5-1-2-6-19(18)15-21)25-13-11-24(12-14-25)16-20-17-28-22-7-3-4-8-23(22)29-20/h1-10,15,20H,11-14,16-17H2/t20-/m0/s1. The van der Waals surface area contributed by atoms with Crippen LogP contribution in [0.1, 0.15) is 0 Å². The van der Waals surface area contributed by atoms with Crippen LogP contribution in [-0.2, 0) is 10.0 Å². The van der Waals surface area contributed by atoms with E-state index in [-0.39, 0.29) is 6.10 Å². The highest BCUT2D eigenvalue weighted by molar-refractivity contribution is 7.89. The van der Waals surface area contributed by atoms with Crippen molar-refractivity contribution in [3.8, 4) is 11.5 Å². The monoisotopic (exact) mass is 424 g/mol. The van der Waals surface area contributed by atoms with E-state index in [1.54, 1.807) is 16.4 Å². The number of sulfonamides is 1. The second-order valence-electron chi connectivity index (χ2n) is 7.71. The Labute approximate surface area is 176 Å². The van der Waals surface area contributed by atoms with Gasteiger partial charge in [0, 0.05) is 32.7 Å². The third-order valence-corrected chi connectivity index (χ3v) is 7.61. The van der Waals surface area contributed by atoms with Crippen LogP contribution >= 0.6 is 0 Å². The molecule has 3 aromatic carbocycles. The topological polar surface area (TPSA) is 59.1 Å². The number of para-hydroxylation sites is 2. The van der Waals surface area contributed by atoms with Gasteiger partial charge in [0.1, 0.15) is 12.7 Å². The van der Waals surface area contributed by atoms with Crippen molar-refractivity contribution < 1.29 is 17.9 Å². The maximum atomic E-state index is 13.1. The Bertz CT molecular complexity index is 1160. The number of piperazine rings is 1. The summed E-state index contributed by atoms with van der Waals surface area (Å²) in [6.45, 7) is 3.52. The number of ether oxygens (including phenoxy) is 2. The van der Waals surface area contributed by atoms with Crippen molar-refractivity contribution >= 4 is 20.8 Å². The minimum absolute atomic E-state index is 0.0523. The lowest BCUT2D eigenvalue weighted by Crippen LogP contribution is -2.52. The summed E-state index contributed by atoms with van der Waals surface area (Å²) in [5.41, 5.74) is 0. The Balaban J connectivity index is 1.22. The first-order valence-corrected chi connectivity index (χ1v) is 11.6. The molecule has 156 valence electrons. The minimum atomic E-state index is -3.50. The van der Waals surface area contributed by atoms with E-state index in [1.807, 2.05) is 54.6 Å². The average molecular weight is 425 g/mol. The van der Waals surface area contributed by atoms with E-state index in [1.165, 1.54) is 0 Å². The van der Waals surface area contributed by atoms with Crippen LogP contribution in [0.4, 0.5) is 0 Å². The fourth-order valence-corrected chi connectivity index (χ4v) is 5.53. The molecule has 0 aliphatic carbocycles. The molecular formula is C23H24N2O4S. The zero-order valence-electron chi connectivity index (χ0n) is 16.6. The van der Waals surface area contributed by atoms with Gasteiger partial charge in [-0.3, -0.25) is 4.90 Å². The van der Waals surface area contributed by atoms with Gasteiger partial charge in [0.05, 0.1) is 4.90 Å². The number of hydrogen-bond acceptors (Lipinski definition) is 5. The Hall–Kier alpha value is -2.61. The van der Waals surface area contributed by atoms with Crippen molar-refractivity contribution in [1.29, 1.82) is 0 Å². The van der Waals surface area contributed by atoms with Gasteiger partial charge in [0.2, 0.25) is 10.0 Å². The number of benzene rings is 3. The summed E-state index contributed by atoms with van der Waals surface area (Å²) in [4.78, 5) is 2.60. The zero-order chi connectivity index (χ0) is 20.6. The molecule has 1 fully saturated rings. The van der Waals surface area contributed by atoms with Gasteiger partial charge < -0.3 is 9.47 Å². The van der Waals surface area contributed by atoms with Gasteiger partial charge in [0.15, 0.2) is 11.5 Å². The fraction of sp³-hybridized carbons (Fsp3) is 0.304. The molecule has 5 rings (SSSR count). The van der Waals surface area contributed by atoms with Crippen LogP contribution in [0.2, 0.25) is 0 Å². The number of nitrogens with zero attached hydrogens (tertiary/aromatic N) is 2. The molecule has 2 aliphatic heterocycles. The smallest absolute Gasteiger partial charge is 0.243 e. The minimum Gasteiger partial charge on any atom is -0.486 e. The molecular weight excluding hydrogens is 400 g/mol. The Morgan fingerprint density at radius 2 is 1.53 bits per heavy atom. The van der Waals surface area contributed by atoms with E-state index in [0.717, 1.165) is 28.8 Å². The summed E-state index contributed by atoms with van der Waals surface area (Å²) >= 11 is 0. The quantitative estimate of drug-likeness (QED) is 0.645. The molecule has 2 aliphatic rings. The fourth-order valence-electron chi connectivity index (χ4n) is 4.07. The van der Waals surface area contributed by atoms with E-state index in [2.05, 4.69) is 4.90 Å². The van der Waals surface area contributed by atoms with Gasteiger partial charge >= 0.3 is 0 Å². The lowest BCUT2D eigenvalue weighted by atomic mass is 10.1. The predicted octanol–water partition coefficient (Wildman–Crippen LogP) is 2.99. The molecule has 0 spiro atoms. The Morgan fingerprint density at radius 3 is 2.33 bits per heavy atom. The predicted molar refractivity (Wildman–Crippen MR) is 115 cm³/mol. The molecule has 0 radical (unpaired) electrons. The molecule has 1 saturated heterocycles. The van der Waals surface area contributed by atoms with Crippen molar-refractivity contribution in [1.82, 2.24) is 9.21 Å². The lowest BCUT2D eigenvalue weighted by Gasteiger charge is -2.36. The number of rotatable bonds is 4. The molecule has 0 aromatic heterocycles. The molecule has 3 aromatic rings. The molecule has 0 unspecified atom stereocenters. The average Bonchev–Trinajstić information content (AvgIpc) is 2.79. The molecule has 30 heavy (non-hydrogen) atoms. The van der Waals surface area contributed by atoms with Gasteiger partial charge in [-0.05, 0) is 35.0 Å². The van der Waals surface area contributed by atoms with Crippen LogP contribution in [0.5, 0.6) is 11.5 Å². The Kier molecular flexibility index (Phi) is 5.10. The van der Waals surface area contributed by atoms with Gasteiger partial charge in [-0.15, -0.1) is 0 Å². The van der Waals surface area contributed by atoms with Gasteiger partial charge in [-0.2, -0.15) is 4.31 Å². The summed E-state index contributed by atoms with van der Waals surface area (Å²) in [6.07, 6.45) is -0.0523. The summed E-state index contributed by atoms with van der Waals surface area (Å²) in [5.74, 6) is 1.55. The lowest BCUT2D eigenvalue weighted by molar-refractivity contribution is 0.0493. The Morgan fingerprint density at radius 1 is 0.833 bits per heavy atom. The summed E-state index contributed by atoms with van der Waals surface area (Å²) in [7, 11) is -3.50. The van der Waals surface area contributed by atoms with Gasteiger partial charge in [-0.25, -0.2) is 8.42 Å². The SMILES string of the molecule is O=S(=O)(c1ccc2ccccc2c1)N1CCN(C[C@H]2COc3ccccc3O2)CC1. The van der Waals surface area contributed by atoms with Gasteiger partial charge in [0.25, 0.3) is 0 Å². The molecule has 2 heterocycles. The number of hydrogen-bond donors (Lipinski definition) is 0. The summed E-state index contributed by atoms with van der Waals surface area (Å²) in [6, 6.07) is 20.8. The first-order valence-electron chi connectivity index (χ1n) is 10.2. The molecule has 0 saturated carbocycles. The normalized spacial score (nSPS) is 20.3. The first-order chi connectivity index (χ1) is 14.6. The maximum absolute atomic E-state index is 13.1. The van der Waals surface area contributed by atoms with E-state index in [0.29, 0.717) is 37.7 Å². The first kappa shape index (κ1) is 19.4. The van der Waals surface area contributed by atoms with Crippen molar-refractivity contribution in [3.63, 3.8) is 0 Å². The molecule has 6 nitrogen and oxygen atoms in total. The maximum Gasteiger partial charge on any atom is 0.243 e. The highest BCUT2D eigenvalue weighted by atomic mass is 32.2. The largest absolute Gasteiger partial charge is 0.486 e. The molecule has 0 N–H and O–H groups in total. The van der Waals surface area contributed by atoms with Crippen molar-refractivity contribution in [3.05, 3.63) is 66.7 Å². The highest BCUT2D eigenvalue weighted by Crippen LogP contribution is 2.31. The highest BCUT2D eigenvalue weighted by Gasteiger charge is 2.30. The third-order valence-electron chi connectivity index (χ3n) is 5.72. The summed E-state index contributed by atoms with van der Waals surface area (Å²) < 4.78 is 39.7. The second kappa shape index (κ2) is 7.91. The number of fused-ring (bicyclic) bond motifs is 2. The molecule has 0 bridgehead atoms. The van der Waals surface area contributed by atoms with E-state index in [4.69, 9.17) is 9.47 Å². The molecule has 0 amide bonds. The van der Waals surface area contributed by atoms with Crippen molar-refractivity contribution in [2.45, 2.75) is 11.0 Å². The van der Waals surface area contributed by atoms with Crippen LogP contribution in [0.3, 0.4) is 0 Å². The van der Waals surface area contributed by atoms with Crippen LogP contribution < -0.4 is 9.47 Å². The van der Waals surface area contributed by atoms with Crippen LogP contribution in [-0.4, -0.2) is 63.1 Å². The van der Waals surface area contributed by atoms with Crippen molar-refractivity contribution in [2.75, 3.05) is 39.3 Å². The van der Waals surface area contributed by atoms with Crippen LogP contribution in [0, 0.1) is 0 Å². The van der Waals surface area contributed by atoms with Crippen LogP contribution in [0.25, 0.3) is 10.8 Å². The molecule has 7 heteroatoms. The summed E-state index contributed by atoms with van der Waals surface area (Å²) in [5, 5.41) is 1.98. The third kappa shape index (κ3) is 3.76. The van der Waals surface area contributed by atoms with E-state index >= 15 is 0 Å². The zero-order valence-corrected chi connectivity index (χ0v) is 17.4. The van der Waals surface area contributed by atoms with Gasteiger partial charge in [-0.1, -0.05) is 42.5 Å². The van der Waals surface area contributed by atoms with Crippen LogP contribution in [0.15, 0.2) is 71.6 Å². The second-order valence-corrected chi connectivity index (χ2v) is 9.65. The van der Waals surface area contributed by atoms with Crippen molar-refractivity contribution in [2.24, 2.45) is 0 Å².